The van der Waals surface area contributed by atoms with Crippen LogP contribution in [0.1, 0.15) is 0 Å². The van der Waals surface area contributed by atoms with Gasteiger partial charge in [0.05, 0.1) is 11.4 Å². The number of aryl methyl sites for hydroxylation is 1. The summed E-state index contributed by atoms with van der Waals surface area (Å²) >= 11 is 0. The van der Waals surface area contributed by atoms with Gasteiger partial charge in [0.15, 0.2) is 0 Å². The number of fused-ring (bicyclic) bond motifs is 1. The lowest BCUT2D eigenvalue weighted by Gasteiger charge is -1.96. The van der Waals surface area contributed by atoms with Crippen molar-refractivity contribution in [2.45, 2.75) is 0 Å². The SMILES string of the molecule is Cn1nc(N)cc1-c1cc2cc(O)ccc2[nH]1. The number of nitrogen functional groups attached to an aromatic ring is 1. The second-order valence-electron chi connectivity index (χ2n) is 4.03. The van der Waals surface area contributed by atoms with Crippen molar-refractivity contribution < 1.29 is 5.11 Å². The number of nitrogens with zero attached hydrogens (tertiary/aromatic N) is 2. The van der Waals surface area contributed by atoms with Crippen LogP contribution >= 0.6 is 0 Å². The van der Waals surface area contributed by atoms with E-state index in [1.54, 1.807) is 16.8 Å². The standard InChI is InChI=1S/C12H12N4O/c1-16-11(6-12(13)15-16)10-5-7-4-8(17)2-3-9(7)14-10/h2-6,14,17H,1H3,(H2,13,15). The summed E-state index contributed by atoms with van der Waals surface area (Å²) in [5.74, 6) is 0.747. The van der Waals surface area contributed by atoms with Gasteiger partial charge in [0.1, 0.15) is 11.6 Å². The zero-order chi connectivity index (χ0) is 12.0. The lowest BCUT2D eigenvalue weighted by Crippen LogP contribution is -1.94. The highest BCUT2D eigenvalue weighted by atomic mass is 16.3. The first-order chi connectivity index (χ1) is 8.13. The molecule has 0 aliphatic rings. The number of nitrogens with one attached hydrogen (secondary N) is 1. The number of hydrogen-bond donors (Lipinski definition) is 3. The molecule has 86 valence electrons. The van der Waals surface area contributed by atoms with Crippen molar-refractivity contribution in [3.63, 3.8) is 0 Å². The number of rotatable bonds is 1. The first kappa shape index (κ1) is 9.77. The Kier molecular flexibility index (Phi) is 1.89. The number of aromatic amines is 1. The molecule has 0 fully saturated rings. The van der Waals surface area contributed by atoms with Crippen molar-refractivity contribution in [1.82, 2.24) is 14.8 Å². The van der Waals surface area contributed by atoms with Gasteiger partial charge in [-0.3, -0.25) is 4.68 Å². The van der Waals surface area contributed by atoms with Gasteiger partial charge < -0.3 is 15.8 Å². The summed E-state index contributed by atoms with van der Waals surface area (Å²) in [4.78, 5) is 3.27. The monoisotopic (exact) mass is 228 g/mol. The molecule has 0 aliphatic carbocycles. The summed E-state index contributed by atoms with van der Waals surface area (Å²) in [5.41, 5.74) is 8.46. The molecule has 0 saturated heterocycles. The number of H-pyrrole nitrogens is 1. The summed E-state index contributed by atoms with van der Waals surface area (Å²) in [6, 6.07) is 8.99. The topological polar surface area (TPSA) is 79.9 Å². The van der Waals surface area contributed by atoms with Crippen LogP contribution in [0.4, 0.5) is 5.82 Å². The van der Waals surface area contributed by atoms with Crippen LogP contribution in [0, 0.1) is 0 Å². The Morgan fingerprint density at radius 1 is 1.29 bits per heavy atom. The van der Waals surface area contributed by atoms with Crippen molar-refractivity contribution in [2.24, 2.45) is 7.05 Å². The molecule has 17 heavy (non-hydrogen) atoms. The van der Waals surface area contributed by atoms with Crippen molar-refractivity contribution >= 4 is 16.7 Å². The Labute approximate surface area is 97.5 Å². The van der Waals surface area contributed by atoms with Crippen molar-refractivity contribution in [2.75, 3.05) is 5.73 Å². The first-order valence-corrected chi connectivity index (χ1v) is 5.25. The summed E-state index contributed by atoms with van der Waals surface area (Å²) in [6.07, 6.45) is 0. The van der Waals surface area contributed by atoms with E-state index in [0.29, 0.717) is 5.82 Å². The Balaban J connectivity index is 2.21. The highest BCUT2D eigenvalue weighted by molar-refractivity contribution is 5.86. The average Bonchev–Trinajstić information content (AvgIpc) is 2.80. The van der Waals surface area contributed by atoms with Crippen molar-refractivity contribution in [3.05, 3.63) is 30.3 Å². The molecule has 5 nitrogen and oxygen atoms in total. The van der Waals surface area contributed by atoms with E-state index in [1.807, 2.05) is 25.2 Å². The lowest BCUT2D eigenvalue weighted by atomic mass is 10.2. The molecule has 4 N–H and O–H groups in total. The fourth-order valence-corrected chi connectivity index (χ4v) is 2.00. The van der Waals surface area contributed by atoms with Crippen LogP contribution < -0.4 is 5.73 Å². The summed E-state index contributed by atoms with van der Waals surface area (Å²) in [7, 11) is 1.84. The molecule has 0 unspecified atom stereocenters. The summed E-state index contributed by atoms with van der Waals surface area (Å²) < 4.78 is 1.72. The number of nitrogens with two attached hydrogens (primary N) is 1. The van der Waals surface area contributed by atoms with Crippen LogP contribution in [0.15, 0.2) is 30.3 Å². The van der Waals surface area contributed by atoms with Crippen LogP contribution in [-0.4, -0.2) is 19.9 Å². The predicted octanol–water partition coefficient (Wildman–Crippen LogP) is 1.86. The fraction of sp³-hybridized carbons (Fsp3) is 0.0833. The van der Waals surface area contributed by atoms with Gasteiger partial charge in [-0.1, -0.05) is 0 Å². The second kappa shape index (κ2) is 3.28. The van der Waals surface area contributed by atoms with Gasteiger partial charge in [-0.05, 0) is 24.3 Å². The minimum atomic E-state index is 0.257. The summed E-state index contributed by atoms with van der Waals surface area (Å²) in [6.45, 7) is 0. The van der Waals surface area contributed by atoms with Crippen molar-refractivity contribution in [3.8, 4) is 17.1 Å². The molecule has 1 aromatic carbocycles. The number of aromatic hydroxyl groups is 1. The quantitative estimate of drug-likeness (QED) is 0.594. The number of anilines is 1. The maximum Gasteiger partial charge on any atom is 0.146 e. The Morgan fingerprint density at radius 3 is 2.82 bits per heavy atom. The Hall–Kier alpha value is -2.43. The first-order valence-electron chi connectivity index (χ1n) is 5.25. The molecule has 0 aliphatic heterocycles. The Morgan fingerprint density at radius 2 is 2.12 bits per heavy atom. The molecule has 3 aromatic rings. The smallest absolute Gasteiger partial charge is 0.146 e. The third kappa shape index (κ3) is 1.52. The van der Waals surface area contributed by atoms with Crippen LogP contribution in [0.3, 0.4) is 0 Å². The third-order valence-corrected chi connectivity index (χ3v) is 2.78. The average molecular weight is 228 g/mol. The molecule has 2 heterocycles. The molecule has 2 aromatic heterocycles. The summed E-state index contributed by atoms with van der Waals surface area (Å²) in [5, 5.41) is 14.5. The van der Waals surface area contributed by atoms with Gasteiger partial charge in [-0.25, -0.2) is 0 Å². The van der Waals surface area contributed by atoms with E-state index in [1.165, 1.54) is 0 Å². The van der Waals surface area contributed by atoms with Gasteiger partial charge in [0, 0.05) is 24.0 Å². The number of hydrogen-bond acceptors (Lipinski definition) is 3. The zero-order valence-electron chi connectivity index (χ0n) is 9.31. The van der Waals surface area contributed by atoms with Gasteiger partial charge >= 0.3 is 0 Å². The van der Waals surface area contributed by atoms with Crippen LogP contribution in [0.25, 0.3) is 22.3 Å². The molecular weight excluding hydrogens is 216 g/mol. The molecule has 0 amide bonds. The number of aromatic nitrogens is 3. The van der Waals surface area contributed by atoms with Crippen LogP contribution in [-0.2, 0) is 7.05 Å². The van der Waals surface area contributed by atoms with E-state index in [9.17, 15) is 5.11 Å². The minimum absolute atomic E-state index is 0.257. The number of benzene rings is 1. The van der Waals surface area contributed by atoms with Crippen LogP contribution in [0.5, 0.6) is 5.75 Å². The van der Waals surface area contributed by atoms with Gasteiger partial charge in [-0.15, -0.1) is 0 Å². The second-order valence-corrected chi connectivity index (χ2v) is 4.03. The molecule has 0 radical (unpaired) electrons. The maximum absolute atomic E-state index is 9.42. The van der Waals surface area contributed by atoms with E-state index in [-0.39, 0.29) is 5.75 Å². The number of phenolic OH excluding ortho intramolecular Hbond substituents is 1. The molecule has 3 rings (SSSR count). The molecule has 0 spiro atoms. The minimum Gasteiger partial charge on any atom is -0.508 e. The lowest BCUT2D eigenvalue weighted by molar-refractivity contribution is 0.476. The molecular formula is C12H12N4O. The Bertz CT molecular complexity index is 696. The molecule has 0 bridgehead atoms. The highest BCUT2D eigenvalue weighted by Crippen LogP contribution is 2.27. The van der Waals surface area contributed by atoms with E-state index in [2.05, 4.69) is 10.1 Å². The maximum atomic E-state index is 9.42. The fourth-order valence-electron chi connectivity index (χ4n) is 2.00. The van der Waals surface area contributed by atoms with E-state index in [0.717, 1.165) is 22.3 Å². The van der Waals surface area contributed by atoms with Crippen LogP contribution in [0.2, 0.25) is 0 Å². The van der Waals surface area contributed by atoms with Gasteiger partial charge in [-0.2, -0.15) is 5.10 Å². The van der Waals surface area contributed by atoms with Crippen molar-refractivity contribution in [1.29, 1.82) is 0 Å². The van der Waals surface area contributed by atoms with E-state index in [4.69, 9.17) is 5.73 Å². The molecule has 0 saturated carbocycles. The predicted molar refractivity (Wildman–Crippen MR) is 66.6 cm³/mol. The zero-order valence-corrected chi connectivity index (χ0v) is 9.31. The molecule has 5 heteroatoms. The largest absolute Gasteiger partial charge is 0.508 e. The van der Waals surface area contributed by atoms with Gasteiger partial charge in [0.2, 0.25) is 0 Å². The van der Waals surface area contributed by atoms with E-state index >= 15 is 0 Å². The third-order valence-electron chi connectivity index (χ3n) is 2.78. The van der Waals surface area contributed by atoms with E-state index < -0.39 is 0 Å². The van der Waals surface area contributed by atoms with Gasteiger partial charge in [0.25, 0.3) is 0 Å². The molecule has 0 atom stereocenters. The highest BCUT2D eigenvalue weighted by Gasteiger charge is 2.08. The normalized spacial score (nSPS) is 11.1. The number of phenols is 1.